The van der Waals surface area contributed by atoms with Gasteiger partial charge in [0.2, 0.25) is 0 Å². The molecule has 15 heavy (non-hydrogen) atoms. The Morgan fingerprint density at radius 2 is 2.13 bits per heavy atom. The summed E-state index contributed by atoms with van der Waals surface area (Å²) in [7, 11) is 0. The summed E-state index contributed by atoms with van der Waals surface area (Å²) < 4.78 is 10.2. The van der Waals surface area contributed by atoms with Crippen molar-refractivity contribution in [3.8, 4) is 0 Å². The quantitative estimate of drug-likeness (QED) is 0.600. The first-order chi connectivity index (χ1) is 6.88. The van der Waals surface area contributed by atoms with Gasteiger partial charge in [-0.1, -0.05) is 0 Å². The standard InChI is InChI=1S/C10H17NO4/c1-10(2,3)15-9(13)11-4-5-14-7-8(12)6-11/h4-7H2,1-3H3. The number of hydrogen-bond donors (Lipinski definition) is 0. The molecule has 0 saturated carbocycles. The summed E-state index contributed by atoms with van der Waals surface area (Å²) in [6, 6.07) is 0. The topological polar surface area (TPSA) is 55.8 Å². The van der Waals surface area contributed by atoms with Gasteiger partial charge in [-0.25, -0.2) is 4.79 Å². The Balaban J connectivity index is 2.54. The molecule has 5 heteroatoms. The third kappa shape index (κ3) is 4.29. The van der Waals surface area contributed by atoms with Crippen LogP contribution in [0.15, 0.2) is 0 Å². The third-order valence-corrected chi connectivity index (χ3v) is 1.79. The van der Waals surface area contributed by atoms with E-state index >= 15 is 0 Å². The van der Waals surface area contributed by atoms with E-state index in [0.717, 1.165) is 0 Å². The molecule has 1 aliphatic rings. The third-order valence-electron chi connectivity index (χ3n) is 1.79. The lowest BCUT2D eigenvalue weighted by Crippen LogP contribution is -2.40. The SMILES string of the molecule is CC(C)(C)OC(=O)N1CCOCC(=O)C1. The summed E-state index contributed by atoms with van der Waals surface area (Å²) in [4.78, 5) is 24.2. The molecule has 0 unspecified atom stereocenters. The van der Waals surface area contributed by atoms with Gasteiger partial charge in [0.15, 0.2) is 5.78 Å². The van der Waals surface area contributed by atoms with Crippen molar-refractivity contribution in [2.75, 3.05) is 26.3 Å². The molecule has 1 heterocycles. The number of Topliss-reactive ketones (excluding diaryl/α,β-unsaturated/α-hetero) is 1. The molecule has 0 N–H and O–H groups in total. The van der Waals surface area contributed by atoms with E-state index in [4.69, 9.17) is 9.47 Å². The van der Waals surface area contributed by atoms with Crippen LogP contribution in [0, 0.1) is 0 Å². The van der Waals surface area contributed by atoms with E-state index in [-0.39, 0.29) is 18.9 Å². The number of carbonyl (C=O) groups excluding carboxylic acids is 2. The molecule has 0 aliphatic carbocycles. The van der Waals surface area contributed by atoms with Gasteiger partial charge >= 0.3 is 6.09 Å². The van der Waals surface area contributed by atoms with Crippen molar-refractivity contribution in [3.05, 3.63) is 0 Å². The molecule has 0 aromatic heterocycles. The normalized spacial score (nSPS) is 18.6. The highest BCUT2D eigenvalue weighted by Gasteiger charge is 2.25. The number of carbonyl (C=O) groups is 2. The van der Waals surface area contributed by atoms with Crippen LogP contribution in [-0.2, 0) is 14.3 Å². The van der Waals surface area contributed by atoms with Crippen LogP contribution < -0.4 is 0 Å². The van der Waals surface area contributed by atoms with Crippen molar-refractivity contribution in [3.63, 3.8) is 0 Å². The van der Waals surface area contributed by atoms with Crippen molar-refractivity contribution >= 4 is 11.9 Å². The Bertz CT molecular complexity index is 257. The maximum Gasteiger partial charge on any atom is 0.410 e. The molecule has 0 aromatic carbocycles. The highest BCUT2D eigenvalue weighted by Crippen LogP contribution is 2.10. The van der Waals surface area contributed by atoms with Crippen LogP contribution in [0.2, 0.25) is 0 Å². The van der Waals surface area contributed by atoms with Gasteiger partial charge in [0.1, 0.15) is 12.2 Å². The number of ketones is 1. The second-order valence-electron chi connectivity index (χ2n) is 4.49. The Morgan fingerprint density at radius 1 is 1.47 bits per heavy atom. The van der Waals surface area contributed by atoms with Gasteiger partial charge in [0, 0.05) is 6.54 Å². The van der Waals surface area contributed by atoms with E-state index in [0.29, 0.717) is 13.2 Å². The van der Waals surface area contributed by atoms with E-state index in [1.54, 1.807) is 20.8 Å². The average molecular weight is 215 g/mol. The molecule has 1 aliphatic heterocycles. The highest BCUT2D eigenvalue weighted by atomic mass is 16.6. The average Bonchev–Trinajstić information content (AvgIpc) is 2.26. The molecule has 86 valence electrons. The number of rotatable bonds is 0. The summed E-state index contributed by atoms with van der Waals surface area (Å²) >= 11 is 0. The molecule has 0 radical (unpaired) electrons. The van der Waals surface area contributed by atoms with Crippen LogP contribution in [0.4, 0.5) is 4.79 Å². The van der Waals surface area contributed by atoms with Crippen LogP contribution >= 0.6 is 0 Å². The fourth-order valence-corrected chi connectivity index (χ4v) is 1.18. The molecular weight excluding hydrogens is 198 g/mol. The molecular formula is C10H17NO4. The number of nitrogens with zero attached hydrogens (tertiary/aromatic N) is 1. The first-order valence-corrected chi connectivity index (χ1v) is 4.96. The van der Waals surface area contributed by atoms with Gasteiger partial charge in [-0.3, -0.25) is 9.69 Å². The second kappa shape index (κ2) is 4.61. The van der Waals surface area contributed by atoms with E-state index in [1.165, 1.54) is 4.90 Å². The zero-order valence-corrected chi connectivity index (χ0v) is 9.41. The van der Waals surface area contributed by atoms with Crippen LogP contribution in [0.5, 0.6) is 0 Å². The smallest absolute Gasteiger partial charge is 0.410 e. The van der Waals surface area contributed by atoms with E-state index < -0.39 is 11.7 Å². The first-order valence-electron chi connectivity index (χ1n) is 4.96. The molecule has 0 bridgehead atoms. The second-order valence-corrected chi connectivity index (χ2v) is 4.49. The predicted molar refractivity (Wildman–Crippen MR) is 53.6 cm³/mol. The van der Waals surface area contributed by atoms with Crippen molar-refractivity contribution in [2.45, 2.75) is 26.4 Å². The van der Waals surface area contributed by atoms with Gasteiger partial charge in [0.05, 0.1) is 13.2 Å². The molecule has 1 fully saturated rings. The largest absolute Gasteiger partial charge is 0.444 e. The van der Waals surface area contributed by atoms with Crippen LogP contribution in [0.1, 0.15) is 20.8 Å². The van der Waals surface area contributed by atoms with E-state index in [2.05, 4.69) is 0 Å². The van der Waals surface area contributed by atoms with Gasteiger partial charge < -0.3 is 9.47 Å². The summed E-state index contributed by atoms with van der Waals surface area (Å²) in [5, 5.41) is 0. The lowest BCUT2D eigenvalue weighted by atomic mass is 10.2. The maximum absolute atomic E-state index is 11.6. The molecule has 0 aromatic rings. The van der Waals surface area contributed by atoms with Crippen molar-refractivity contribution in [2.24, 2.45) is 0 Å². The van der Waals surface area contributed by atoms with Gasteiger partial charge in [-0.05, 0) is 20.8 Å². The minimum Gasteiger partial charge on any atom is -0.444 e. The highest BCUT2D eigenvalue weighted by molar-refractivity contribution is 5.85. The van der Waals surface area contributed by atoms with Crippen molar-refractivity contribution in [1.82, 2.24) is 4.90 Å². The molecule has 5 nitrogen and oxygen atoms in total. The summed E-state index contributed by atoms with van der Waals surface area (Å²) in [6.45, 7) is 6.32. The summed E-state index contributed by atoms with van der Waals surface area (Å²) in [5.74, 6) is -0.0987. The number of amides is 1. The fraction of sp³-hybridized carbons (Fsp3) is 0.800. The molecule has 1 amide bonds. The maximum atomic E-state index is 11.6. The van der Waals surface area contributed by atoms with E-state index in [1.807, 2.05) is 0 Å². The molecule has 1 saturated heterocycles. The Kier molecular flexibility index (Phi) is 3.68. The van der Waals surface area contributed by atoms with Gasteiger partial charge in [0.25, 0.3) is 0 Å². The van der Waals surface area contributed by atoms with E-state index in [9.17, 15) is 9.59 Å². The van der Waals surface area contributed by atoms with Crippen LogP contribution in [0.3, 0.4) is 0 Å². The fourth-order valence-electron chi connectivity index (χ4n) is 1.18. The molecule has 1 rings (SSSR count). The zero-order chi connectivity index (χ0) is 11.5. The summed E-state index contributed by atoms with van der Waals surface area (Å²) in [5.41, 5.74) is -0.534. The van der Waals surface area contributed by atoms with Gasteiger partial charge in [-0.15, -0.1) is 0 Å². The Morgan fingerprint density at radius 3 is 2.73 bits per heavy atom. The Labute approximate surface area is 89.3 Å². The first kappa shape index (κ1) is 12.0. The summed E-state index contributed by atoms with van der Waals surface area (Å²) in [6.07, 6.45) is -0.457. The zero-order valence-electron chi connectivity index (χ0n) is 9.41. The molecule has 0 spiro atoms. The number of hydrogen-bond acceptors (Lipinski definition) is 4. The Hall–Kier alpha value is -1.10. The minimum atomic E-state index is -0.534. The number of ether oxygens (including phenoxy) is 2. The predicted octanol–water partition coefficient (Wildman–Crippen LogP) is 0.823. The van der Waals surface area contributed by atoms with Crippen LogP contribution in [-0.4, -0.2) is 48.7 Å². The minimum absolute atomic E-state index is 0.0783. The lowest BCUT2D eigenvalue weighted by Gasteiger charge is -2.25. The van der Waals surface area contributed by atoms with Crippen LogP contribution in [0.25, 0.3) is 0 Å². The monoisotopic (exact) mass is 215 g/mol. The van der Waals surface area contributed by atoms with Gasteiger partial charge in [-0.2, -0.15) is 0 Å². The van der Waals surface area contributed by atoms with Crippen molar-refractivity contribution in [1.29, 1.82) is 0 Å². The lowest BCUT2D eigenvalue weighted by molar-refractivity contribution is -0.122. The molecule has 0 atom stereocenters. The van der Waals surface area contributed by atoms with Crippen molar-refractivity contribution < 1.29 is 19.1 Å².